The van der Waals surface area contributed by atoms with Gasteiger partial charge in [-0.05, 0) is 79.9 Å². The van der Waals surface area contributed by atoms with Gasteiger partial charge >= 0.3 is 5.97 Å². The van der Waals surface area contributed by atoms with Gasteiger partial charge in [-0.25, -0.2) is 4.79 Å². The van der Waals surface area contributed by atoms with Crippen molar-refractivity contribution in [3.8, 4) is 11.5 Å². The summed E-state index contributed by atoms with van der Waals surface area (Å²) in [5.74, 6) is -0.0715. The first-order valence-corrected chi connectivity index (χ1v) is 14.9. The van der Waals surface area contributed by atoms with Crippen molar-refractivity contribution in [3.63, 3.8) is 0 Å². The van der Waals surface area contributed by atoms with E-state index in [1.807, 2.05) is 42.5 Å². The number of imide groups is 1. The topological polar surface area (TPSA) is 125 Å². The molecule has 0 bridgehead atoms. The minimum Gasteiger partial charge on any atom is -0.492 e. The normalized spacial score (nSPS) is 25.6. The Kier molecular flexibility index (Phi) is 8.29. The molecule has 3 unspecified atom stereocenters. The Hall–Kier alpha value is -4.44. The molecule has 2 aromatic carbocycles. The highest BCUT2D eigenvalue weighted by Crippen LogP contribution is 2.35. The Labute approximate surface area is 249 Å². The van der Waals surface area contributed by atoms with Crippen LogP contribution in [0.2, 0.25) is 0 Å². The van der Waals surface area contributed by atoms with Crippen molar-refractivity contribution in [2.24, 2.45) is 11.8 Å². The molecule has 3 saturated heterocycles. The smallest absolute Gasteiger partial charge is 0.335 e. The predicted molar refractivity (Wildman–Crippen MR) is 156 cm³/mol. The summed E-state index contributed by atoms with van der Waals surface area (Å²) < 4.78 is 12.2. The maximum atomic E-state index is 13.0. The minimum absolute atomic E-state index is 0.0590. The summed E-state index contributed by atoms with van der Waals surface area (Å²) in [6.07, 6.45) is 9.69. The Morgan fingerprint density at radius 1 is 0.977 bits per heavy atom. The van der Waals surface area contributed by atoms with E-state index in [-0.39, 0.29) is 47.6 Å². The third kappa shape index (κ3) is 6.49. The van der Waals surface area contributed by atoms with Gasteiger partial charge in [-0.3, -0.25) is 24.6 Å². The fourth-order valence-electron chi connectivity index (χ4n) is 6.36. The molecule has 3 heterocycles. The lowest BCUT2D eigenvalue weighted by Crippen LogP contribution is -2.53. The highest BCUT2D eigenvalue weighted by atomic mass is 16.5. The number of nitrogens with zero attached hydrogens (tertiary/aromatic N) is 2. The van der Waals surface area contributed by atoms with Gasteiger partial charge < -0.3 is 19.5 Å². The molecule has 6 rings (SSSR count). The molecule has 3 aliphatic heterocycles. The van der Waals surface area contributed by atoms with Crippen molar-refractivity contribution in [3.05, 3.63) is 83.6 Å². The second-order valence-electron chi connectivity index (χ2n) is 11.6. The third-order valence-electron chi connectivity index (χ3n) is 8.71. The molecule has 0 aromatic heterocycles. The number of carbonyl (C=O) groups excluding carboxylic acids is 3. The van der Waals surface area contributed by atoms with Crippen molar-refractivity contribution >= 4 is 23.7 Å². The monoisotopic (exact) mass is 585 g/mol. The number of carbonyl (C=O) groups is 4. The SMILES string of the molecule is O=C1CCC(N2CC3C=C(OC[C@@H]4CCCCN4Cc4ccc(Oc5ccc(C(=O)O)cc5)cc4)C=CC3C2=O)C(=O)N1. The van der Waals surface area contributed by atoms with Gasteiger partial charge in [0.25, 0.3) is 0 Å². The van der Waals surface area contributed by atoms with E-state index < -0.39 is 12.0 Å². The summed E-state index contributed by atoms with van der Waals surface area (Å²) in [5, 5.41) is 11.4. The molecular weight excluding hydrogens is 550 g/mol. The van der Waals surface area contributed by atoms with Gasteiger partial charge in [0.1, 0.15) is 29.9 Å². The lowest BCUT2D eigenvalue weighted by atomic mass is 9.91. The van der Waals surface area contributed by atoms with Gasteiger partial charge in [-0.2, -0.15) is 0 Å². The van der Waals surface area contributed by atoms with E-state index in [1.54, 1.807) is 17.0 Å². The van der Waals surface area contributed by atoms with E-state index in [2.05, 4.69) is 10.2 Å². The molecule has 10 heteroatoms. The molecule has 3 fully saturated rings. The zero-order valence-corrected chi connectivity index (χ0v) is 23.8. The fraction of sp³-hybridized carbons (Fsp3) is 0.394. The molecular formula is C33H35N3O7. The van der Waals surface area contributed by atoms with E-state index in [0.717, 1.165) is 43.7 Å². The van der Waals surface area contributed by atoms with Gasteiger partial charge in [0.05, 0.1) is 11.5 Å². The van der Waals surface area contributed by atoms with Crippen LogP contribution in [0.15, 0.2) is 72.5 Å². The maximum absolute atomic E-state index is 13.0. The fourth-order valence-corrected chi connectivity index (χ4v) is 6.36. The number of piperidine rings is 2. The second kappa shape index (κ2) is 12.4. The first-order chi connectivity index (χ1) is 20.8. The largest absolute Gasteiger partial charge is 0.492 e. The zero-order valence-electron chi connectivity index (χ0n) is 23.8. The predicted octanol–water partition coefficient (Wildman–Crippen LogP) is 3.88. The summed E-state index contributed by atoms with van der Waals surface area (Å²) in [4.78, 5) is 52.1. The van der Waals surface area contributed by atoms with Crippen molar-refractivity contribution in [1.29, 1.82) is 0 Å². The number of hydrogen-bond acceptors (Lipinski definition) is 7. The van der Waals surface area contributed by atoms with Crippen molar-refractivity contribution in [2.75, 3.05) is 19.7 Å². The number of benzene rings is 2. The molecule has 0 radical (unpaired) electrons. The Bertz CT molecular complexity index is 1450. The number of rotatable bonds is 9. The number of carboxylic acids is 1. The standard InChI is InChI=1S/C33H35N3O7/c37-30-15-14-29(31(38)34-30)36-19-23-17-27(12-13-28(23)32(36)39)42-20-24-3-1-2-16-35(24)18-21-4-8-25(9-5-21)43-26-10-6-22(7-11-26)33(40)41/h4-13,17,23-24,28-29H,1-3,14-16,18-20H2,(H,40,41)(H,34,37,38)/t23?,24-,28?,29?/m0/s1. The molecule has 0 spiro atoms. The highest BCUT2D eigenvalue weighted by molar-refractivity contribution is 6.02. The number of hydrogen-bond donors (Lipinski definition) is 2. The molecule has 0 saturated carbocycles. The number of amides is 3. The summed E-state index contributed by atoms with van der Waals surface area (Å²) in [6, 6.07) is 13.9. The molecule has 10 nitrogen and oxygen atoms in total. The van der Waals surface area contributed by atoms with Crippen LogP contribution < -0.4 is 10.1 Å². The third-order valence-corrected chi connectivity index (χ3v) is 8.71. The number of carboxylic acid groups (broad SMARTS) is 1. The number of fused-ring (bicyclic) bond motifs is 1. The summed E-state index contributed by atoms with van der Waals surface area (Å²) >= 11 is 0. The van der Waals surface area contributed by atoms with Crippen LogP contribution in [0.1, 0.15) is 48.0 Å². The zero-order chi connectivity index (χ0) is 29.9. The molecule has 1 aliphatic carbocycles. The Balaban J connectivity index is 1.03. The summed E-state index contributed by atoms with van der Waals surface area (Å²) in [6.45, 7) is 2.76. The maximum Gasteiger partial charge on any atom is 0.335 e. The molecule has 4 atom stereocenters. The van der Waals surface area contributed by atoms with Crippen LogP contribution in [0.4, 0.5) is 0 Å². The molecule has 43 heavy (non-hydrogen) atoms. The first-order valence-electron chi connectivity index (χ1n) is 14.9. The van der Waals surface area contributed by atoms with Crippen molar-refractivity contribution in [1.82, 2.24) is 15.1 Å². The van der Waals surface area contributed by atoms with Gasteiger partial charge in [0, 0.05) is 31.5 Å². The van der Waals surface area contributed by atoms with Crippen molar-refractivity contribution in [2.45, 2.75) is 50.7 Å². The van der Waals surface area contributed by atoms with Gasteiger partial charge in [-0.1, -0.05) is 24.6 Å². The highest BCUT2D eigenvalue weighted by Gasteiger charge is 2.45. The lowest BCUT2D eigenvalue weighted by Gasteiger charge is -2.35. The number of likely N-dealkylation sites (tertiary alicyclic amines) is 2. The van der Waals surface area contributed by atoms with Gasteiger partial charge in [-0.15, -0.1) is 0 Å². The average molecular weight is 586 g/mol. The van der Waals surface area contributed by atoms with Crippen molar-refractivity contribution < 1.29 is 33.8 Å². The van der Waals surface area contributed by atoms with Crippen LogP contribution in [0.5, 0.6) is 11.5 Å². The van der Waals surface area contributed by atoms with Crippen LogP contribution in [0, 0.1) is 11.8 Å². The Morgan fingerprint density at radius 3 is 2.44 bits per heavy atom. The quantitative estimate of drug-likeness (QED) is 0.425. The van der Waals surface area contributed by atoms with Crippen LogP contribution in [-0.2, 0) is 25.7 Å². The number of allylic oxidation sites excluding steroid dienone is 1. The lowest BCUT2D eigenvalue weighted by molar-refractivity contribution is -0.144. The van der Waals surface area contributed by atoms with E-state index in [1.165, 1.54) is 12.1 Å². The van der Waals surface area contributed by atoms with E-state index in [4.69, 9.17) is 14.6 Å². The van der Waals surface area contributed by atoms with Gasteiger partial charge in [0.15, 0.2) is 0 Å². The van der Waals surface area contributed by atoms with Crippen LogP contribution in [-0.4, -0.2) is 70.4 Å². The van der Waals surface area contributed by atoms with Crippen LogP contribution in [0.25, 0.3) is 0 Å². The minimum atomic E-state index is -0.971. The number of nitrogens with one attached hydrogen (secondary N) is 1. The van der Waals surface area contributed by atoms with Crippen LogP contribution in [0.3, 0.4) is 0 Å². The molecule has 224 valence electrons. The molecule has 4 aliphatic rings. The molecule has 2 N–H and O–H groups in total. The second-order valence-corrected chi connectivity index (χ2v) is 11.6. The summed E-state index contributed by atoms with van der Waals surface area (Å²) in [5.41, 5.74) is 1.38. The van der Waals surface area contributed by atoms with E-state index >= 15 is 0 Å². The molecule has 2 aromatic rings. The Morgan fingerprint density at radius 2 is 1.72 bits per heavy atom. The number of aromatic carboxylic acids is 1. The van der Waals surface area contributed by atoms with E-state index in [0.29, 0.717) is 31.1 Å². The van der Waals surface area contributed by atoms with Gasteiger partial charge in [0.2, 0.25) is 17.7 Å². The average Bonchev–Trinajstić information content (AvgIpc) is 3.33. The number of ether oxygens (including phenoxy) is 2. The first kappa shape index (κ1) is 28.7. The van der Waals surface area contributed by atoms with E-state index in [9.17, 15) is 19.2 Å². The van der Waals surface area contributed by atoms with Crippen LogP contribution >= 0.6 is 0 Å². The summed E-state index contributed by atoms with van der Waals surface area (Å²) in [7, 11) is 0. The molecule has 3 amide bonds.